The fourth-order valence-electron chi connectivity index (χ4n) is 4.80. The number of hydrogen-bond acceptors (Lipinski definition) is 0. The van der Waals surface area contributed by atoms with Gasteiger partial charge in [0.25, 0.3) is 0 Å². The van der Waals surface area contributed by atoms with Crippen LogP contribution in [0.15, 0.2) is 0 Å². The van der Waals surface area contributed by atoms with E-state index in [0.717, 1.165) is 0 Å². The maximum Gasteiger partial charge on any atom is -0.000617 e. The van der Waals surface area contributed by atoms with Gasteiger partial charge in [0.1, 0.15) is 0 Å². The highest BCUT2D eigenvalue weighted by atomic mass is 31.1. The van der Waals surface area contributed by atoms with Crippen molar-refractivity contribution in [1.29, 1.82) is 0 Å². The Morgan fingerprint density at radius 1 is 0.333 bits per heavy atom. The minimum Gasteiger partial charge on any atom is -0.112 e. The summed E-state index contributed by atoms with van der Waals surface area (Å²) in [5.41, 5.74) is 0. The van der Waals surface area contributed by atoms with Crippen molar-refractivity contribution in [2.24, 2.45) is 0 Å². The molecule has 0 fully saturated rings. The van der Waals surface area contributed by atoms with Crippen molar-refractivity contribution in [2.75, 3.05) is 12.3 Å². The first-order valence-electron chi connectivity index (χ1n) is 15.6. The Kier molecular flexibility index (Phi) is 28.2. The Bertz CT molecular complexity index is 321. The standard InChI is InChI=1S/C31H66P2/c1-5-7-9-11-13-15-17-19-21-23-25-27-29-32-31(3,4)33-30-28-26-24-22-20-18-16-14-12-10-8-6-2/h32-33H,5-30H2,1-4H3. The third-order valence-electron chi connectivity index (χ3n) is 7.19. The van der Waals surface area contributed by atoms with Crippen molar-refractivity contribution in [2.45, 2.75) is 187 Å². The first-order valence-corrected chi connectivity index (χ1v) is 18.0. The van der Waals surface area contributed by atoms with Crippen molar-refractivity contribution in [3.8, 4) is 0 Å². The molecule has 2 atom stereocenters. The summed E-state index contributed by atoms with van der Waals surface area (Å²) in [6, 6.07) is 0. The molecule has 0 aliphatic heterocycles. The van der Waals surface area contributed by atoms with Crippen LogP contribution in [0.1, 0.15) is 182 Å². The monoisotopic (exact) mass is 500 g/mol. The van der Waals surface area contributed by atoms with Gasteiger partial charge in [0, 0.05) is 0 Å². The van der Waals surface area contributed by atoms with Gasteiger partial charge in [-0.15, -0.1) is 17.2 Å². The van der Waals surface area contributed by atoms with Gasteiger partial charge in [-0.25, -0.2) is 0 Å². The normalized spacial score (nSPS) is 12.7. The molecular weight excluding hydrogens is 434 g/mol. The fraction of sp³-hybridized carbons (Fsp3) is 1.00. The maximum atomic E-state index is 2.55. The van der Waals surface area contributed by atoms with Crippen LogP contribution in [0.5, 0.6) is 0 Å². The molecule has 0 aromatic rings. The van der Waals surface area contributed by atoms with E-state index in [9.17, 15) is 0 Å². The van der Waals surface area contributed by atoms with Crippen LogP contribution in [-0.4, -0.2) is 17.2 Å². The highest BCUT2D eigenvalue weighted by Crippen LogP contribution is 2.46. The minimum absolute atomic E-state index is 0.634. The summed E-state index contributed by atoms with van der Waals surface area (Å²) in [6.07, 6.45) is 38.3. The van der Waals surface area contributed by atoms with Crippen molar-refractivity contribution in [3.63, 3.8) is 0 Å². The van der Waals surface area contributed by atoms with Crippen LogP contribution in [0.25, 0.3) is 0 Å². The van der Waals surface area contributed by atoms with Crippen molar-refractivity contribution in [3.05, 3.63) is 0 Å². The molecule has 0 nitrogen and oxygen atoms in total. The molecule has 0 spiro atoms. The first kappa shape index (κ1) is 33.9. The predicted molar refractivity (Wildman–Crippen MR) is 163 cm³/mol. The average Bonchev–Trinajstić information content (AvgIpc) is 2.80. The van der Waals surface area contributed by atoms with E-state index in [0.29, 0.717) is 4.90 Å². The molecule has 0 saturated heterocycles. The second-order valence-corrected chi connectivity index (χ2v) is 16.0. The smallest absolute Gasteiger partial charge is 0.000617 e. The van der Waals surface area contributed by atoms with Gasteiger partial charge in [0.2, 0.25) is 0 Å². The van der Waals surface area contributed by atoms with E-state index in [2.05, 4.69) is 27.7 Å². The van der Waals surface area contributed by atoms with Crippen molar-refractivity contribution < 1.29 is 0 Å². The van der Waals surface area contributed by atoms with Crippen molar-refractivity contribution >= 4 is 17.2 Å². The van der Waals surface area contributed by atoms with Gasteiger partial charge < -0.3 is 0 Å². The molecule has 33 heavy (non-hydrogen) atoms. The highest BCUT2D eigenvalue weighted by Gasteiger charge is 2.16. The van der Waals surface area contributed by atoms with E-state index >= 15 is 0 Å². The molecule has 0 bridgehead atoms. The van der Waals surface area contributed by atoms with Crippen LogP contribution in [0, 0.1) is 0 Å². The summed E-state index contributed by atoms with van der Waals surface area (Å²) < 4.78 is 0. The third-order valence-corrected chi connectivity index (χ3v) is 11.2. The molecule has 0 heterocycles. The van der Waals surface area contributed by atoms with Crippen LogP contribution < -0.4 is 0 Å². The molecule has 0 aromatic carbocycles. The minimum atomic E-state index is 0.634. The lowest BCUT2D eigenvalue weighted by Gasteiger charge is -2.25. The average molecular weight is 501 g/mol. The van der Waals surface area contributed by atoms with E-state index in [1.165, 1.54) is 184 Å². The Balaban J connectivity index is 3.28. The zero-order valence-corrected chi connectivity index (χ0v) is 25.9. The van der Waals surface area contributed by atoms with Gasteiger partial charge in [0.05, 0.1) is 0 Å². The SMILES string of the molecule is CCCCCCCCCCCCCCPC(C)(C)PCCCCCCCCCCCCCC. The summed E-state index contributed by atoms with van der Waals surface area (Å²) >= 11 is 0. The summed E-state index contributed by atoms with van der Waals surface area (Å²) in [5.74, 6) is 0. The fourth-order valence-corrected chi connectivity index (χ4v) is 8.15. The van der Waals surface area contributed by atoms with E-state index in [1.54, 1.807) is 0 Å². The molecular formula is C31H66P2. The first-order chi connectivity index (χ1) is 16.1. The molecule has 0 saturated carbocycles. The number of unbranched alkanes of at least 4 members (excludes halogenated alkanes) is 22. The Morgan fingerprint density at radius 3 is 0.788 bits per heavy atom. The summed E-state index contributed by atoms with van der Waals surface area (Å²) in [7, 11) is 2.39. The molecule has 2 heteroatoms. The van der Waals surface area contributed by atoms with Crippen LogP contribution in [0.4, 0.5) is 0 Å². The van der Waals surface area contributed by atoms with Crippen LogP contribution in [-0.2, 0) is 0 Å². The molecule has 0 aliphatic carbocycles. The molecule has 0 N–H and O–H groups in total. The lowest BCUT2D eigenvalue weighted by molar-refractivity contribution is 0.548. The largest absolute Gasteiger partial charge is 0.112 e. The molecule has 0 aromatic heterocycles. The number of rotatable bonds is 28. The summed E-state index contributed by atoms with van der Waals surface area (Å²) in [4.78, 5) is 0.634. The Morgan fingerprint density at radius 2 is 0.545 bits per heavy atom. The molecule has 0 aliphatic rings. The lowest BCUT2D eigenvalue weighted by Crippen LogP contribution is -2.06. The number of hydrogen-bond donors (Lipinski definition) is 0. The summed E-state index contributed by atoms with van der Waals surface area (Å²) in [5, 5.41) is 0. The van der Waals surface area contributed by atoms with Gasteiger partial charge in [-0.2, -0.15) is 0 Å². The van der Waals surface area contributed by atoms with Crippen LogP contribution in [0.2, 0.25) is 0 Å². The molecule has 2 unspecified atom stereocenters. The van der Waals surface area contributed by atoms with Crippen LogP contribution >= 0.6 is 17.2 Å². The molecule has 0 rings (SSSR count). The van der Waals surface area contributed by atoms with Gasteiger partial charge in [0.15, 0.2) is 0 Å². The predicted octanol–water partition coefficient (Wildman–Crippen LogP) is 12.5. The van der Waals surface area contributed by atoms with Gasteiger partial charge in [-0.05, 0) is 30.1 Å². The van der Waals surface area contributed by atoms with E-state index in [4.69, 9.17) is 0 Å². The van der Waals surface area contributed by atoms with Crippen LogP contribution in [0.3, 0.4) is 0 Å². The Labute approximate surface area is 216 Å². The zero-order chi connectivity index (χ0) is 24.3. The summed E-state index contributed by atoms with van der Waals surface area (Å²) in [6.45, 7) is 9.71. The van der Waals surface area contributed by atoms with Crippen molar-refractivity contribution in [1.82, 2.24) is 0 Å². The maximum absolute atomic E-state index is 2.55. The zero-order valence-electron chi connectivity index (χ0n) is 23.9. The quantitative estimate of drug-likeness (QED) is 0.0740. The lowest BCUT2D eigenvalue weighted by atomic mass is 10.1. The Hall–Kier alpha value is 0.860. The van der Waals surface area contributed by atoms with E-state index < -0.39 is 0 Å². The van der Waals surface area contributed by atoms with Gasteiger partial charge in [-0.1, -0.05) is 169 Å². The highest BCUT2D eigenvalue weighted by molar-refractivity contribution is 7.59. The third kappa shape index (κ3) is 29.0. The second kappa shape index (κ2) is 27.4. The van der Waals surface area contributed by atoms with Gasteiger partial charge in [-0.3, -0.25) is 0 Å². The molecule has 0 amide bonds. The second-order valence-electron chi connectivity index (χ2n) is 11.3. The topological polar surface area (TPSA) is 0 Å². The molecule has 0 radical (unpaired) electrons. The molecule has 200 valence electrons. The van der Waals surface area contributed by atoms with E-state index in [-0.39, 0.29) is 0 Å². The van der Waals surface area contributed by atoms with Gasteiger partial charge >= 0.3 is 0 Å². The van der Waals surface area contributed by atoms with E-state index in [1.807, 2.05) is 0 Å².